The Bertz CT molecular complexity index is 745. The summed E-state index contributed by atoms with van der Waals surface area (Å²) in [5, 5.41) is 14.2. The number of aliphatic hydroxyl groups excluding tert-OH is 1. The van der Waals surface area contributed by atoms with Gasteiger partial charge < -0.3 is 19.9 Å². The van der Waals surface area contributed by atoms with Crippen LogP contribution in [0.1, 0.15) is 30.6 Å². The molecule has 1 aliphatic rings. The lowest BCUT2D eigenvalue weighted by atomic mass is 9.84. The second kappa shape index (κ2) is 9.69. The highest BCUT2D eigenvalue weighted by atomic mass is 32.1. The van der Waals surface area contributed by atoms with Crippen LogP contribution in [0, 0.1) is 5.92 Å². The first-order valence-corrected chi connectivity index (χ1v) is 10.1. The smallest absolute Gasteiger partial charge is 0.290 e. The van der Waals surface area contributed by atoms with Gasteiger partial charge in [-0.3, -0.25) is 4.79 Å². The number of hydrogen-bond donors (Lipinski definition) is 2. The van der Waals surface area contributed by atoms with Crippen LogP contribution < -0.4 is 5.32 Å². The van der Waals surface area contributed by atoms with Crippen LogP contribution in [0.25, 0.3) is 0 Å². The largest absolute Gasteiger partial charge is 0.459 e. The quantitative estimate of drug-likeness (QED) is 0.714. The number of aliphatic hydroxyl groups is 1. The molecule has 144 valence electrons. The molecule has 0 saturated heterocycles. The van der Waals surface area contributed by atoms with Crippen molar-refractivity contribution in [2.45, 2.75) is 32.0 Å². The van der Waals surface area contributed by atoms with Crippen molar-refractivity contribution in [2.24, 2.45) is 5.92 Å². The Morgan fingerprint density at radius 2 is 2.07 bits per heavy atom. The Labute approximate surface area is 163 Å². The Morgan fingerprint density at radius 1 is 1.26 bits per heavy atom. The maximum Gasteiger partial charge on any atom is 0.290 e. The number of benzene rings is 1. The molecule has 0 unspecified atom stereocenters. The highest BCUT2D eigenvalue weighted by Crippen LogP contribution is 2.41. The molecule has 0 aliphatic carbocycles. The molecule has 5 nitrogen and oxygen atoms in total. The fourth-order valence-electron chi connectivity index (χ4n) is 3.29. The Hall–Kier alpha value is -2.15. The molecule has 0 saturated carbocycles. The highest BCUT2D eigenvalue weighted by Gasteiger charge is 2.38. The van der Waals surface area contributed by atoms with E-state index in [1.165, 1.54) is 0 Å². The lowest BCUT2D eigenvalue weighted by Crippen LogP contribution is -2.37. The van der Waals surface area contributed by atoms with Crippen molar-refractivity contribution in [3.05, 3.63) is 64.6 Å². The second-order valence-corrected chi connectivity index (χ2v) is 7.34. The van der Waals surface area contributed by atoms with Gasteiger partial charge in [-0.25, -0.2) is 0 Å². The molecular weight excluding hydrogens is 362 g/mol. The minimum atomic E-state index is -0.518. The molecule has 6 heteroatoms. The van der Waals surface area contributed by atoms with Crippen LogP contribution in [0.3, 0.4) is 0 Å². The molecule has 2 heterocycles. The maximum atomic E-state index is 12.8. The number of allylic oxidation sites excluding steroid dienone is 1. The van der Waals surface area contributed by atoms with Gasteiger partial charge in [0, 0.05) is 35.6 Å². The van der Waals surface area contributed by atoms with Crippen LogP contribution in [0.4, 0.5) is 5.69 Å². The van der Waals surface area contributed by atoms with Crippen LogP contribution in [-0.2, 0) is 14.3 Å². The summed E-state index contributed by atoms with van der Waals surface area (Å²) in [6, 6.07) is 13.4. The van der Waals surface area contributed by atoms with E-state index in [1.807, 2.05) is 54.8 Å². The Kier molecular flexibility index (Phi) is 7.04. The van der Waals surface area contributed by atoms with E-state index < -0.39 is 6.29 Å². The monoisotopic (exact) mass is 387 g/mol. The third-order valence-corrected chi connectivity index (χ3v) is 5.51. The highest BCUT2D eigenvalue weighted by molar-refractivity contribution is 7.10. The van der Waals surface area contributed by atoms with Gasteiger partial charge in [0.2, 0.25) is 6.29 Å². The van der Waals surface area contributed by atoms with Gasteiger partial charge in [0.15, 0.2) is 5.76 Å². The standard InChI is InChI=1S/C21H25NO4S/c1-2-25-21-16(10-6-12-23)17(19-11-7-13-27-19)14-18(26-21)20(24)22-15-8-4-3-5-9-15/h3-5,7-9,11,13-14,16-17,21,23H,2,6,10,12H2,1H3,(H,22,24)/t16-,17+,21-/m0/s1. The number of carbonyl (C=O) groups excluding carboxylic acids is 1. The zero-order chi connectivity index (χ0) is 19.1. The summed E-state index contributed by atoms with van der Waals surface area (Å²) in [6.45, 7) is 2.53. The van der Waals surface area contributed by atoms with Gasteiger partial charge in [0.1, 0.15) is 0 Å². The number of carbonyl (C=O) groups is 1. The number of hydrogen-bond acceptors (Lipinski definition) is 5. The summed E-state index contributed by atoms with van der Waals surface area (Å²) >= 11 is 1.65. The molecule has 2 N–H and O–H groups in total. The van der Waals surface area contributed by atoms with Gasteiger partial charge in [-0.1, -0.05) is 24.3 Å². The van der Waals surface area contributed by atoms with Gasteiger partial charge >= 0.3 is 0 Å². The summed E-state index contributed by atoms with van der Waals surface area (Å²) in [5.74, 6) is 0.0476. The number of rotatable bonds is 8. The molecular formula is C21H25NO4S. The zero-order valence-corrected chi connectivity index (χ0v) is 16.2. The van der Waals surface area contributed by atoms with Gasteiger partial charge in [0.05, 0.1) is 0 Å². The first-order chi connectivity index (χ1) is 13.2. The molecule has 0 bridgehead atoms. The Balaban J connectivity index is 1.87. The van der Waals surface area contributed by atoms with Crippen molar-refractivity contribution >= 4 is 22.9 Å². The number of nitrogens with one attached hydrogen (secondary N) is 1. The van der Waals surface area contributed by atoms with Crippen LogP contribution in [0.2, 0.25) is 0 Å². The predicted molar refractivity (Wildman–Crippen MR) is 107 cm³/mol. The first-order valence-electron chi connectivity index (χ1n) is 9.23. The molecule has 0 radical (unpaired) electrons. The van der Waals surface area contributed by atoms with E-state index in [2.05, 4.69) is 11.4 Å². The molecule has 1 aromatic heterocycles. The first kappa shape index (κ1) is 19.6. The summed E-state index contributed by atoms with van der Waals surface area (Å²) < 4.78 is 11.8. The normalized spacial score (nSPS) is 22.0. The topological polar surface area (TPSA) is 67.8 Å². The average Bonchev–Trinajstić information content (AvgIpc) is 3.22. The third-order valence-electron chi connectivity index (χ3n) is 4.54. The fraction of sp³-hybridized carbons (Fsp3) is 0.381. The number of thiophene rings is 1. The summed E-state index contributed by atoms with van der Waals surface area (Å²) in [6.07, 6.45) is 2.80. The van der Waals surface area contributed by atoms with Gasteiger partial charge in [-0.2, -0.15) is 0 Å². The van der Waals surface area contributed by atoms with Gasteiger partial charge in [-0.15, -0.1) is 11.3 Å². The van der Waals surface area contributed by atoms with E-state index >= 15 is 0 Å². The minimum absolute atomic E-state index is 0.0124. The molecule has 1 aromatic carbocycles. The summed E-state index contributed by atoms with van der Waals surface area (Å²) in [7, 11) is 0. The van der Waals surface area contributed by atoms with E-state index in [9.17, 15) is 9.90 Å². The van der Waals surface area contributed by atoms with E-state index in [4.69, 9.17) is 9.47 Å². The summed E-state index contributed by atoms with van der Waals surface area (Å²) in [5.41, 5.74) is 0.718. The van der Waals surface area contributed by atoms with Crippen molar-refractivity contribution in [1.82, 2.24) is 0 Å². The van der Waals surface area contributed by atoms with Crippen molar-refractivity contribution < 1.29 is 19.4 Å². The molecule has 1 amide bonds. The van der Waals surface area contributed by atoms with E-state index in [0.29, 0.717) is 13.0 Å². The molecule has 3 atom stereocenters. The number of para-hydroxylation sites is 1. The minimum Gasteiger partial charge on any atom is -0.459 e. The lowest BCUT2D eigenvalue weighted by molar-refractivity contribution is -0.164. The van der Waals surface area contributed by atoms with Crippen molar-refractivity contribution in [1.29, 1.82) is 0 Å². The maximum absolute atomic E-state index is 12.8. The summed E-state index contributed by atoms with van der Waals surface area (Å²) in [4.78, 5) is 13.9. The van der Waals surface area contributed by atoms with Crippen molar-refractivity contribution in [2.75, 3.05) is 18.5 Å². The van der Waals surface area contributed by atoms with E-state index in [1.54, 1.807) is 11.3 Å². The van der Waals surface area contributed by atoms with Crippen LogP contribution >= 0.6 is 11.3 Å². The molecule has 27 heavy (non-hydrogen) atoms. The lowest BCUT2D eigenvalue weighted by Gasteiger charge is -2.36. The van der Waals surface area contributed by atoms with E-state index in [0.717, 1.165) is 17.0 Å². The van der Waals surface area contributed by atoms with Crippen molar-refractivity contribution in [3.63, 3.8) is 0 Å². The fourth-order valence-corrected chi connectivity index (χ4v) is 4.16. The molecule has 0 fully saturated rings. The van der Waals surface area contributed by atoms with Gasteiger partial charge in [0.25, 0.3) is 5.91 Å². The SMILES string of the molecule is CCO[C@H]1OC(C(=O)Nc2ccccc2)=C[C@@H](c2cccs2)[C@@H]1CCCO. The van der Waals surface area contributed by atoms with Crippen LogP contribution in [0.5, 0.6) is 0 Å². The Morgan fingerprint density at radius 3 is 2.74 bits per heavy atom. The molecule has 2 aromatic rings. The third kappa shape index (κ3) is 4.97. The number of ether oxygens (including phenoxy) is 2. The van der Waals surface area contributed by atoms with Crippen LogP contribution in [-0.4, -0.2) is 30.5 Å². The molecule has 1 aliphatic heterocycles. The zero-order valence-electron chi connectivity index (χ0n) is 15.3. The average molecular weight is 388 g/mol. The number of amides is 1. The molecule has 0 spiro atoms. The second-order valence-electron chi connectivity index (χ2n) is 6.36. The van der Waals surface area contributed by atoms with Crippen LogP contribution in [0.15, 0.2) is 59.7 Å². The number of anilines is 1. The predicted octanol–water partition coefficient (Wildman–Crippen LogP) is 4.14. The van der Waals surface area contributed by atoms with Gasteiger partial charge in [-0.05, 0) is 49.4 Å². The molecule has 3 rings (SSSR count). The van der Waals surface area contributed by atoms with E-state index in [-0.39, 0.29) is 30.1 Å². The van der Waals surface area contributed by atoms with Crippen molar-refractivity contribution in [3.8, 4) is 0 Å².